The molecule has 1 unspecified atom stereocenters. The lowest BCUT2D eigenvalue weighted by molar-refractivity contribution is -0.137. The minimum absolute atomic E-state index is 0.114. The molecule has 5 nitrogen and oxygen atoms in total. The van der Waals surface area contributed by atoms with Crippen LogP contribution in [0.5, 0.6) is 0 Å². The topological polar surface area (TPSA) is 74.5 Å². The second-order valence-corrected chi connectivity index (χ2v) is 7.13. The van der Waals surface area contributed by atoms with E-state index in [0.29, 0.717) is 5.56 Å². The summed E-state index contributed by atoms with van der Waals surface area (Å²) in [4.78, 5) is 11.5. The highest BCUT2D eigenvalue weighted by Crippen LogP contribution is 2.47. The van der Waals surface area contributed by atoms with Gasteiger partial charge in [0.15, 0.2) is 0 Å². The molecule has 0 bridgehead atoms. The molecule has 1 fully saturated rings. The number of carbonyl (C=O) groups is 1. The molecule has 3 rings (SSSR count). The lowest BCUT2D eigenvalue weighted by atomic mass is 10.1. The van der Waals surface area contributed by atoms with Gasteiger partial charge in [-0.15, -0.1) is 0 Å². The zero-order valence-electron chi connectivity index (χ0n) is 11.9. The number of hydrogen-bond acceptors (Lipinski definition) is 3. The van der Waals surface area contributed by atoms with Crippen molar-refractivity contribution in [3.05, 3.63) is 65.7 Å². The summed E-state index contributed by atoms with van der Waals surface area (Å²) in [6, 6.07) is 13.5. The van der Waals surface area contributed by atoms with Gasteiger partial charge < -0.3 is 5.11 Å². The quantitative estimate of drug-likeness (QED) is 0.877. The van der Waals surface area contributed by atoms with Gasteiger partial charge in [-0.05, 0) is 24.6 Å². The number of sulfonamides is 1. The molecule has 1 heterocycles. The normalized spacial score (nSPS) is 24.0. The number of nitrogens with zero attached hydrogens (tertiary/aromatic N) is 1. The number of benzene rings is 2. The number of aryl methyl sites for hydroxylation is 1. The molecule has 3 atom stereocenters. The Morgan fingerprint density at radius 2 is 1.64 bits per heavy atom. The number of hydrogen-bond donors (Lipinski definition) is 1. The fourth-order valence-corrected chi connectivity index (χ4v) is 4.28. The fourth-order valence-electron chi connectivity index (χ4n) is 2.57. The maximum atomic E-state index is 12.7. The zero-order valence-corrected chi connectivity index (χ0v) is 12.7. The second kappa shape index (κ2) is 5.23. The summed E-state index contributed by atoms with van der Waals surface area (Å²) < 4.78 is 26.4. The molecule has 2 aromatic carbocycles. The molecule has 2 aromatic rings. The number of rotatable bonds is 4. The molecule has 114 valence electrons. The van der Waals surface area contributed by atoms with Crippen LogP contribution in [-0.4, -0.2) is 29.8 Å². The van der Waals surface area contributed by atoms with Crippen LogP contribution in [0, 0.1) is 6.92 Å². The lowest BCUT2D eigenvalue weighted by Gasteiger charge is -2.06. The Balaban J connectivity index is 1.99. The van der Waals surface area contributed by atoms with Gasteiger partial charge in [0.1, 0.15) is 6.04 Å². The highest BCUT2D eigenvalue weighted by Gasteiger charge is 2.60. The van der Waals surface area contributed by atoms with E-state index in [0.717, 1.165) is 9.87 Å². The van der Waals surface area contributed by atoms with Gasteiger partial charge in [0.25, 0.3) is 0 Å². The fraction of sp³-hybridized carbons (Fsp3) is 0.188. The van der Waals surface area contributed by atoms with Crippen LogP contribution in [0.15, 0.2) is 59.5 Å². The van der Waals surface area contributed by atoms with Gasteiger partial charge in [0.2, 0.25) is 10.0 Å². The van der Waals surface area contributed by atoms with Crippen LogP contribution in [0.2, 0.25) is 0 Å². The van der Waals surface area contributed by atoms with Crippen LogP contribution in [0.4, 0.5) is 0 Å². The Bertz CT molecular complexity index is 800. The van der Waals surface area contributed by atoms with E-state index in [4.69, 9.17) is 0 Å². The van der Waals surface area contributed by atoms with Gasteiger partial charge in [0.05, 0.1) is 10.9 Å². The average molecular weight is 317 g/mol. The standard InChI is InChI=1S/C16H15NO4S/c1-11-7-9-13(10-8-11)22(20,21)17-14(15(17)16(18)19)12-5-3-2-4-6-12/h2-10,14-15H,1H3,(H,18,19)/t14-,15-,17?/m0/s1. The smallest absolute Gasteiger partial charge is 0.324 e. The van der Waals surface area contributed by atoms with E-state index < -0.39 is 28.1 Å². The molecule has 22 heavy (non-hydrogen) atoms. The minimum Gasteiger partial charge on any atom is -0.480 e. The maximum Gasteiger partial charge on any atom is 0.324 e. The van der Waals surface area contributed by atoms with E-state index in [9.17, 15) is 18.3 Å². The van der Waals surface area contributed by atoms with Crippen molar-refractivity contribution in [3.63, 3.8) is 0 Å². The first-order valence-electron chi connectivity index (χ1n) is 6.81. The first-order chi connectivity index (χ1) is 10.4. The Kier molecular flexibility index (Phi) is 3.50. The van der Waals surface area contributed by atoms with Gasteiger partial charge in [-0.2, -0.15) is 4.31 Å². The molecule has 0 aromatic heterocycles. The van der Waals surface area contributed by atoms with Crippen molar-refractivity contribution < 1.29 is 18.3 Å². The summed E-state index contributed by atoms with van der Waals surface area (Å²) in [6.07, 6.45) is 0. The molecule has 1 aliphatic heterocycles. The van der Waals surface area contributed by atoms with E-state index in [1.807, 2.05) is 6.92 Å². The zero-order chi connectivity index (χ0) is 15.9. The van der Waals surface area contributed by atoms with Crippen LogP contribution in [0.1, 0.15) is 17.2 Å². The van der Waals surface area contributed by atoms with Crippen molar-refractivity contribution in [3.8, 4) is 0 Å². The number of carboxylic acids is 1. The monoisotopic (exact) mass is 317 g/mol. The van der Waals surface area contributed by atoms with Gasteiger partial charge in [-0.25, -0.2) is 8.42 Å². The Morgan fingerprint density at radius 1 is 1.05 bits per heavy atom. The maximum absolute atomic E-state index is 12.7. The van der Waals surface area contributed by atoms with Crippen LogP contribution in [0.3, 0.4) is 0 Å². The highest BCUT2D eigenvalue weighted by atomic mass is 32.2. The molecule has 1 N–H and O–H groups in total. The highest BCUT2D eigenvalue weighted by molar-refractivity contribution is 7.89. The third kappa shape index (κ3) is 2.40. The summed E-state index contributed by atoms with van der Waals surface area (Å²) in [7, 11) is -3.82. The number of aliphatic carboxylic acids is 1. The molecule has 1 aliphatic rings. The molecule has 0 radical (unpaired) electrons. The van der Waals surface area contributed by atoms with E-state index in [-0.39, 0.29) is 4.90 Å². The van der Waals surface area contributed by atoms with Crippen LogP contribution >= 0.6 is 0 Å². The van der Waals surface area contributed by atoms with E-state index in [2.05, 4.69) is 0 Å². The Morgan fingerprint density at radius 3 is 2.18 bits per heavy atom. The van der Waals surface area contributed by atoms with Crippen LogP contribution < -0.4 is 0 Å². The Labute approximate surface area is 128 Å². The average Bonchev–Trinajstić information content (AvgIpc) is 3.25. The second-order valence-electron chi connectivity index (χ2n) is 5.29. The minimum atomic E-state index is -3.82. The summed E-state index contributed by atoms with van der Waals surface area (Å²) in [6.45, 7) is 1.86. The van der Waals surface area contributed by atoms with Crippen molar-refractivity contribution in [1.29, 1.82) is 0 Å². The van der Waals surface area contributed by atoms with Gasteiger partial charge >= 0.3 is 5.97 Å². The molecule has 0 amide bonds. The molecule has 0 aliphatic carbocycles. The van der Waals surface area contributed by atoms with E-state index >= 15 is 0 Å². The summed E-state index contributed by atoms with van der Waals surface area (Å²) in [5.74, 6) is -1.13. The summed E-state index contributed by atoms with van der Waals surface area (Å²) in [5, 5.41) is 9.30. The number of carboxylic acid groups (broad SMARTS) is 1. The van der Waals surface area contributed by atoms with Crippen molar-refractivity contribution in [1.82, 2.24) is 4.31 Å². The first kappa shape index (κ1) is 14.7. The summed E-state index contributed by atoms with van der Waals surface area (Å²) >= 11 is 0. The van der Waals surface area contributed by atoms with Crippen molar-refractivity contribution in [2.24, 2.45) is 0 Å². The van der Waals surface area contributed by atoms with Crippen molar-refractivity contribution in [2.75, 3.05) is 0 Å². The SMILES string of the molecule is Cc1ccc(S(=O)(=O)N2[C@H](C(=O)O)[C@@H]2c2ccccc2)cc1. The summed E-state index contributed by atoms with van der Waals surface area (Å²) in [5.41, 5.74) is 1.63. The lowest BCUT2D eigenvalue weighted by Crippen LogP contribution is -2.19. The third-order valence-electron chi connectivity index (χ3n) is 3.75. The van der Waals surface area contributed by atoms with Gasteiger partial charge in [-0.1, -0.05) is 48.0 Å². The predicted octanol–water partition coefficient (Wildman–Crippen LogP) is 2.19. The van der Waals surface area contributed by atoms with Crippen LogP contribution in [-0.2, 0) is 14.8 Å². The molecular formula is C16H15NO4S. The Hall–Kier alpha value is -2.18. The molecule has 6 heteroatoms. The largest absolute Gasteiger partial charge is 0.480 e. The van der Waals surface area contributed by atoms with Crippen molar-refractivity contribution in [2.45, 2.75) is 23.9 Å². The predicted molar refractivity (Wildman–Crippen MR) is 80.8 cm³/mol. The molecule has 0 saturated carbocycles. The van der Waals surface area contributed by atoms with E-state index in [1.165, 1.54) is 12.1 Å². The van der Waals surface area contributed by atoms with Crippen LogP contribution in [0.25, 0.3) is 0 Å². The van der Waals surface area contributed by atoms with Gasteiger partial charge in [-0.3, -0.25) is 4.79 Å². The third-order valence-corrected chi connectivity index (χ3v) is 5.63. The molecule has 1 saturated heterocycles. The molecule has 0 spiro atoms. The van der Waals surface area contributed by atoms with E-state index in [1.54, 1.807) is 42.5 Å². The first-order valence-corrected chi connectivity index (χ1v) is 8.25. The van der Waals surface area contributed by atoms with Gasteiger partial charge in [0, 0.05) is 0 Å². The molecular weight excluding hydrogens is 302 g/mol. The van der Waals surface area contributed by atoms with Crippen molar-refractivity contribution >= 4 is 16.0 Å².